The highest BCUT2D eigenvalue weighted by molar-refractivity contribution is 6.30. The molecule has 2 aromatic heterocycles. The Kier molecular flexibility index (Phi) is 8.93. The molecule has 0 amide bonds. The summed E-state index contributed by atoms with van der Waals surface area (Å²) >= 11 is 5.89. The van der Waals surface area contributed by atoms with Crippen LogP contribution >= 0.6 is 36.4 Å². The van der Waals surface area contributed by atoms with Crippen molar-refractivity contribution in [2.45, 2.75) is 19.5 Å². The van der Waals surface area contributed by atoms with Crippen LogP contribution in [0.15, 0.2) is 59.5 Å². The van der Waals surface area contributed by atoms with Crippen molar-refractivity contribution in [2.75, 3.05) is 6.54 Å². The maximum Gasteiger partial charge on any atom is 0.134 e. The number of nitrogens with one attached hydrogen (secondary N) is 1. The molecule has 4 nitrogen and oxygen atoms in total. The normalized spacial score (nSPS) is 10.0. The first-order valence-corrected chi connectivity index (χ1v) is 7.70. The number of hydrogen-bond acceptors (Lipinski definition) is 3. The van der Waals surface area contributed by atoms with Gasteiger partial charge in [0, 0.05) is 29.5 Å². The van der Waals surface area contributed by atoms with Gasteiger partial charge in [-0.2, -0.15) is 0 Å². The zero-order valence-corrected chi connectivity index (χ0v) is 15.4. The molecule has 0 spiro atoms. The zero-order valence-electron chi connectivity index (χ0n) is 13.0. The second-order valence-electron chi connectivity index (χ2n) is 5.10. The molecule has 7 heteroatoms. The van der Waals surface area contributed by atoms with Crippen molar-refractivity contribution in [3.63, 3.8) is 0 Å². The Morgan fingerprint density at radius 1 is 1.08 bits per heavy atom. The lowest BCUT2D eigenvalue weighted by Gasteiger charge is -2.04. The number of aromatic nitrogens is 2. The molecule has 3 rings (SSSR count). The van der Waals surface area contributed by atoms with Gasteiger partial charge in [0.05, 0.1) is 12.9 Å². The fourth-order valence-corrected chi connectivity index (χ4v) is 2.39. The molecule has 130 valence electrons. The summed E-state index contributed by atoms with van der Waals surface area (Å²) in [5.41, 5.74) is 1.04. The van der Waals surface area contributed by atoms with Crippen LogP contribution in [0, 0.1) is 0 Å². The second-order valence-corrected chi connectivity index (χ2v) is 5.54. The Balaban J connectivity index is 0.00000144. The Morgan fingerprint density at radius 3 is 2.58 bits per heavy atom. The third-order valence-corrected chi connectivity index (χ3v) is 3.67. The molecule has 0 aliphatic heterocycles. The number of aryl methyl sites for hydroxylation is 1. The fraction of sp³-hybridized carbons (Fsp3) is 0.235. The molecule has 0 unspecified atom stereocenters. The maximum atomic E-state index is 5.89. The topological polar surface area (TPSA) is 43.0 Å². The zero-order chi connectivity index (χ0) is 15.2. The van der Waals surface area contributed by atoms with Crippen molar-refractivity contribution in [1.29, 1.82) is 0 Å². The molecular weight excluding hydrogens is 369 g/mol. The van der Waals surface area contributed by atoms with Crippen LogP contribution in [0.25, 0.3) is 11.3 Å². The number of benzene rings is 1. The first kappa shape index (κ1) is 20.6. The average molecular weight is 389 g/mol. The Morgan fingerprint density at radius 2 is 1.88 bits per heavy atom. The molecule has 0 radical (unpaired) electrons. The molecule has 0 aliphatic rings. The third-order valence-electron chi connectivity index (χ3n) is 3.42. The number of furan rings is 1. The van der Waals surface area contributed by atoms with E-state index in [-0.39, 0.29) is 24.8 Å². The minimum absolute atomic E-state index is 0. The molecular formula is C17H20Cl3N3O. The van der Waals surface area contributed by atoms with Crippen LogP contribution < -0.4 is 5.32 Å². The molecule has 0 saturated heterocycles. The summed E-state index contributed by atoms with van der Waals surface area (Å²) < 4.78 is 7.92. The molecule has 0 saturated carbocycles. The Labute approximate surface area is 159 Å². The number of rotatable bonds is 7. The summed E-state index contributed by atoms with van der Waals surface area (Å²) in [6.07, 6.45) is 6.67. The first-order chi connectivity index (χ1) is 10.8. The maximum absolute atomic E-state index is 5.89. The van der Waals surface area contributed by atoms with Crippen LogP contribution in [0.4, 0.5) is 0 Å². The number of imidazole rings is 1. The monoisotopic (exact) mass is 387 g/mol. The standard InChI is InChI=1S/C17H18ClN3O.2ClH/c18-15-4-2-14(3-5-15)17-7-6-16(22-17)12-19-8-1-10-21-11-9-20-13-21;;/h2-7,9,11,13,19H,1,8,10,12H2;2*1H. The minimum Gasteiger partial charge on any atom is -0.460 e. The van der Waals surface area contributed by atoms with Gasteiger partial charge in [-0.05, 0) is 49.4 Å². The molecule has 2 heterocycles. The van der Waals surface area contributed by atoms with Gasteiger partial charge in [-0.15, -0.1) is 24.8 Å². The second kappa shape index (κ2) is 10.4. The SMILES string of the molecule is Cl.Cl.Clc1ccc(-c2ccc(CNCCCn3ccnc3)o2)cc1. The fourth-order valence-electron chi connectivity index (χ4n) is 2.26. The summed E-state index contributed by atoms with van der Waals surface area (Å²) in [6.45, 7) is 2.65. The minimum atomic E-state index is 0. The van der Waals surface area contributed by atoms with E-state index in [0.29, 0.717) is 0 Å². The highest BCUT2D eigenvalue weighted by atomic mass is 35.5. The van der Waals surface area contributed by atoms with Crippen LogP contribution in [0.5, 0.6) is 0 Å². The van der Waals surface area contributed by atoms with E-state index in [1.165, 1.54) is 0 Å². The van der Waals surface area contributed by atoms with E-state index < -0.39 is 0 Å². The van der Waals surface area contributed by atoms with Gasteiger partial charge in [-0.25, -0.2) is 4.98 Å². The molecule has 24 heavy (non-hydrogen) atoms. The van der Waals surface area contributed by atoms with Gasteiger partial charge in [-0.3, -0.25) is 0 Å². The molecule has 0 atom stereocenters. The summed E-state index contributed by atoms with van der Waals surface area (Å²) in [5.74, 6) is 1.81. The molecule has 0 bridgehead atoms. The van der Waals surface area contributed by atoms with E-state index in [0.717, 1.165) is 48.2 Å². The molecule has 3 aromatic rings. The molecule has 1 aromatic carbocycles. The summed E-state index contributed by atoms with van der Waals surface area (Å²) in [4.78, 5) is 4.02. The summed E-state index contributed by atoms with van der Waals surface area (Å²) in [7, 11) is 0. The highest BCUT2D eigenvalue weighted by Crippen LogP contribution is 2.23. The van der Waals surface area contributed by atoms with Gasteiger partial charge >= 0.3 is 0 Å². The number of hydrogen-bond donors (Lipinski definition) is 1. The summed E-state index contributed by atoms with van der Waals surface area (Å²) in [5, 5.41) is 4.12. The van der Waals surface area contributed by atoms with Crippen molar-refractivity contribution in [1.82, 2.24) is 14.9 Å². The largest absolute Gasteiger partial charge is 0.460 e. The van der Waals surface area contributed by atoms with Crippen LogP contribution in [0.1, 0.15) is 12.2 Å². The molecule has 0 aliphatic carbocycles. The van der Waals surface area contributed by atoms with E-state index >= 15 is 0 Å². The van der Waals surface area contributed by atoms with E-state index in [1.54, 1.807) is 6.20 Å². The van der Waals surface area contributed by atoms with E-state index in [2.05, 4.69) is 14.9 Å². The van der Waals surface area contributed by atoms with Crippen LogP contribution in [0.2, 0.25) is 5.02 Å². The van der Waals surface area contributed by atoms with Crippen molar-refractivity contribution in [3.8, 4) is 11.3 Å². The van der Waals surface area contributed by atoms with Gasteiger partial charge in [0.15, 0.2) is 0 Å². The van der Waals surface area contributed by atoms with Crippen molar-refractivity contribution >= 4 is 36.4 Å². The van der Waals surface area contributed by atoms with Gasteiger partial charge in [0.2, 0.25) is 0 Å². The van der Waals surface area contributed by atoms with Gasteiger partial charge in [0.25, 0.3) is 0 Å². The predicted molar refractivity (Wildman–Crippen MR) is 102 cm³/mol. The van der Waals surface area contributed by atoms with Crippen molar-refractivity contribution in [3.05, 3.63) is 65.9 Å². The van der Waals surface area contributed by atoms with Crippen LogP contribution in [-0.4, -0.2) is 16.1 Å². The van der Waals surface area contributed by atoms with Crippen LogP contribution in [-0.2, 0) is 13.1 Å². The van der Waals surface area contributed by atoms with E-state index in [9.17, 15) is 0 Å². The third kappa shape index (κ3) is 5.87. The predicted octanol–water partition coefficient (Wildman–Crippen LogP) is 4.82. The lowest BCUT2D eigenvalue weighted by molar-refractivity contribution is 0.484. The summed E-state index contributed by atoms with van der Waals surface area (Å²) in [6, 6.07) is 11.7. The Hall–Kier alpha value is -1.46. The average Bonchev–Trinajstić information content (AvgIpc) is 3.19. The number of nitrogens with zero attached hydrogens (tertiary/aromatic N) is 2. The smallest absolute Gasteiger partial charge is 0.134 e. The van der Waals surface area contributed by atoms with Gasteiger partial charge in [-0.1, -0.05) is 11.6 Å². The molecule has 1 N–H and O–H groups in total. The first-order valence-electron chi connectivity index (χ1n) is 7.32. The highest BCUT2D eigenvalue weighted by Gasteiger charge is 2.04. The lowest BCUT2D eigenvalue weighted by atomic mass is 10.2. The molecule has 0 fully saturated rings. The van der Waals surface area contributed by atoms with Crippen LogP contribution in [0.3, 0.4) is 0 Å². The number of halogens is 3. The quantitative estimate of drug-likeness (QED) is 0.590. The lowest BCUT2D eigenvalue weighted by Crippen LogP contribution is -2.15. The van der Waals surface area contributed by atoms with Gasteiger partial charge in [0.1, 0.15) is 11.5 Å². The van der Waals surface area contributed by atoms with E-state index in [1.807, 2.05) is 48.9 Å². The Bertz CT molecular complexity index is 696. The van der Waals surface area contributed by atoms with Crippen molar-refractivity contribution < 1.29 is 4.42 Å². The van der Waals surface area contributed by atoms with E-state index in [4.69, 9.17) is 16.0 Å². The van der Waals surface area contributed by atoms with Gasteiger partial charge < -0.3 is 14.3 Å². The van der Waals surface area contributed by atoms with Crippen molar-refractivity contribution in [2.24, 2.45) is 0 Å².